The van der Waals surface area contributed by atoms with E-state index in [4.69, 9.17) is 0 Å². The zero-order valence-electron chi connectivity index (χ0n) is 14.7. The maximum Gasteiger partial charge on any atom is 0.275 e. The molecular weight excluding hydrogens is 368 g/mol. The van der Waals surface area contributed by atoms with Crippen LogP contribution in [0.3, 0.4) is 0 Å². The van der Waals surface area contributed by atoms with Crippen molar-refractivity contribution in [3.63, 3.8) is 0 Å². The Labute approximate surface area is 159 Å². The van der Waals surface area contributed by atoms with Crippen LogP contribution in [0.15, 0.2) is 35.1 Å². The highest BCUT2D eigenvalue weighted by atomic mass is 32.2. The number of aryl methyl sites for hydroxylation is 2. The lowest BCUT2D eigenvalue weighted by Gasteiger charge is -2.06. The lowest BCUT2D eigenvalue weighted by Crippen LogP contribution is -2.16. The maximum atomic E-state index is 12.1. The SMILES string of the molecule is CCc1cccc(NC(=O)CSCc2cc(=O)n3nc(CC)sc3n2)c1. The highest BCUT2D eigenvalue weighted by molar-refractivity contribution is 7.99. The minimum absolute atomic E-state index is 0.0629. The second-order valence-electron chi connectivity index (χ2n) is 5.72. The number of carbonyl (C=O) groups excluding carboxylic acids is 1. The lowest BCUT2D eigenvalue weighted by molar-refractivity contribution is -0.113. The summed E-state index contributed by atoms with van der Waals surface area (Å²) in [6, 6.07) is 9.32. The number of thioether (sulfide) groups is 1. The van der Waals surface area contributed by atoms with E-state index in [1.54, 1.807) is 0 Å². The number of hydrogen-bond acceptors (Lipinski definition) is 6. The van der Waals surface area contributed by atoms with E-state index in [9.17, 15) is 9.59 Å². The van der Waals surface area contributed by atoms with E-state index < -0.39 is 0 Å². The van der Waals surface area contributed by atoms with Crippen molar-refractivity contribution < 1.29 is 4.79 Å². The lowest BCUT2D eigenvalue weighted by atomic mass is 10.1. The molecule has 6 nitrogen and oxygen atoms in total. The van der Waals surface area contributed by atoms with E-state index >= 15 is 0 Å². The van der Waals surface area contributed by atoms with Gasteiger partial charge in [0.25, 0.3) is 5.56 Å². The number of hydrogen-bond donors (Lipinski definition) is 1. The Morgan fingerprint density at radius 3 is 2.88 bits per heavy atom. The van der Waals surface area contributed by atoms with Crippen LogP contribution in [-0.2, 0) is 23.4 Å². The number of carbonyl (C=O) groups is 1. The highest BCUT2D eigenvalue weighted by Crippen LogP contribution is 2.16. The van der Waals surface area contributed by atoms with Crippen molar-refractivity contribution in [1.82, 2.24) is 14.6 Å². The standard InChI is InChI=1S/C18H20N4O2S2/c1-3-12-6-5-7-13(8-12)19-15(23)11-25-10-14-9-17(24)22-18(20-14)26-16(4-2)21-22/h5-9H,3-4,10-11H2,1-2H3,(H,19,23). The van der Waals surface area contributed by atoms with E-state index in [0.29, 0.717) is 22.2 Å². The highest BCUT2D eigenvalue weighted by Gasteiger charge is 2.09. The summed E-state index contributed by atoms with van der Waals surface area (Å²) in [5, 5.41) is 8.01. The summed E-state index contributed by atoms with van der Waals surface area (Å²) < 4.78 is 1.34. The summed E-state index contributed by atoms with van der Waals surface area (Å²) >= 11 is 2.86. The van der Waals surface area contributed by atoms with Gasteiger partial charge in [-0.2, -0.15) is 9.61 Å². The first-order valence-electron chi connectivity index (χ1n) is 8.44. The first kappa shape index (κ1) is 18.6. The first-order chi connectivity index (χ1) is 12.6. The van der Waals surface area contributed by atoms with E-state index in [1.807, 2.05) is 31.2 Å². The molecule has 0 spiro atoms. The number of aromatic nitrogens is 3. The van der Waals surface area contributed by atoms with Crippen LogP contribution in [0.25, 0.3) is 4.96 Å². The molecule has 0 bridgehead atoms. The van der Waals surface area contributed by atoms with Crippen molar-refractivity contribution >= 4 is 39.7 Å². The van der Waals surface area contributed by atoms with Crippen molar-refractivity contribution in [2.75, 3.05) is 11.1 Å². The average Bonchev–Trinajstić information content (AvgIpc) is 3.06. The van der Waals surface area contributed by atoms with E-state index in [0.717, 1.165) is 23.5 Å². The molecule has 0 radical (unpaired) electrons. The van der Waals surface area contributed by atoms with Crippen molar-refractivity contribution in [2.24, 2.45) is 0 Å². The van der Waals surface area contributed by atoms with Crippen molar-refractivity contribution in [3.8, 4) is 0 Å². The smallest absolute Gasteiger partial charge is 0.275 e. The molecule has 8 heteroatoms. The number of nitrogens with zero attached hydrogens (tertiary/aromatic N) is 3. The Morgan fingerprint density at radius 1 is 1.27 bits per heavy atom. The van der Waals surface area contributed by atoms with Gasteiger partial charge in [0.05, 0.1) is 11.4 Å². The Bertz CT molecular complexity index is 981. The average molecular weight is 389 g/mol. The van der Waals surface area contributed by atoms with E-state index in [-0.39, 0.29) is 11.5 Å². The molecule has 2 heterocycles. The second-order valence-corrected chi connectivity index (χ2v) is 7.75. The molecule has 1 aromatic carbocycles. The summed E-state index contributed by atoms with van der Waals surface area (Å²) in [4.78, 5) is 29.3. The fourth-order valence-corrected chi connectivity index (χ4v) is 4.00. The molecule has 3 aromatic rings. The molecule has 0 aliphatic rings. The van der Waals surface area contributed by atoms with Crippen LogP contribution < -0.4 is 10.9 Å². The zero-order valence-corrected chi connectivity index (χ0v) is 16.3. The van der Waals surface area contributed by atoms with Crippen LogP contribution in [-0.4, -0.2) is 26.3 Å². The molecule has 2 aromatic heterocycles. The molecule has 0 aliphatic heterocycles. The van der Waals surface area contributed by atoms with Gasteiger partial charge in [-0.25, -0.2) is 4.98 Å². The van der Waals surface area contributed by atoms with Gasteiger partial charge in [-0.1, -0.05) is 37.3 Å². The van der Waals surface area contributed by atoms with Gasteiger partial charge in [-0.3, -0.25) is 9.59 Å². The Balaban J connectivity index is 1.58. The molecule has 0 aliphatic carbocycles. The normalized spacial score (nSPS) is 11.0. The van der Waals surface area contributed by atoms with Crippen LogP contribution in [0.1, 0.15) is 30.1 Å². The molecule has 0 atom stereocenters. The fourth-order valence-electron chi connectivity index (χ4n) is 2.43. The van der Waals surface area contributed by atoms with Crippen molar-refractivity contribution in [3.05, 3.63) is 57.0 Å². The van der Waals surface area contributed by atoms with Crippen LogP contribution in [0.5, 0.6) is 0 Å². The minimum Gasteiger partial charge on any atom is -0.325 e. The third kappa shape index (κ3) is 4.50. The largest absolute Gasteiger partial charge is 0.325 e. The number of amides is 1. The molecule has 1 N–H and O–H groups in total. The summed E-state index contributed by atoms with van der Waals surface area (Å²) in [6.45, 7) is 4.07. The monoisotopic (exact) mass is 388 g/mol. The number of fused-ring (bicyclic) bond motifs is 1. The quantitative estimate of drug-likeness (QED) is 0.673. The van der Waals surface area contributed by atoms with Crippen LogP contribution in [0, 0.1) is 0 Å². The molecule has 26 heavy (non-hydrogen) atoms. The van der Waals surface area contributed by atoms with Gasteiger partial charge in [0.2, 0.25) is 10.9 Å². The fraction of sp³-hybridized carbons (Fsp3) is 0.333. The van der Waals surface area contributed by atoms with Crippen molar-refractivity contribution in [2.45, 2.75) is 32.4 Å². The van der Waals surface area contributed by atoms with Crippen LogP contribution >= 0.6 is 23.1 Å². The third-order valence-electron chi connectivity index (χ3n) is 3.74. The van der Waals surface area contributed by atoms with E-state index in [1.165, 1.54) is 39.2 Å². The molecule has 3 rings (SSSR count). The molecule has 136 valence electrons. The molecule has 0 saturated carbocycles. The minimum atomic E-state index is -0.178. The number of anilines is 1. The third-order valence-corrected chi connectivity index (χ3v) is 5.76. The maximum absolute atomic E-state index is 12.1. The van der Waals surface area contributed by atoms with E-state index in [2.05, 4.69) is 22.3 Å². The Hall–Kier alpha value is -2.19. The zero-order chi connectivity index (χ0) is 18.5. The first-order valence-corrected chi connectivity index (χ1v) is 10.4. The predicted octanol–water partition coefficient (Wildman–Crippen LogP) is 3.15. The molecule has 0 unspecified atom stereocenters. The van der Waals surface area contributed by atoms with Gasteiger partial charge in [-0.05, 0) is 30.5 Å². The second kappa shape index (κ2) is 8.46. The van der Waals surface area contributed by atoms with Gasteiger partial charge in [0.15, 0.2) is 0 Å². The van der Waals surface area contributed by atoms with Crippen LogP contribution in [0.4, 0.5) is 5.69 Å². The Kier molecular flexibility index (Phi) is 6.05. The van der Waals surface area contributed by atoms with Crippen molar-refractivity contribution in [1.29, 1.82) is 0 Å². The molecule has 0 saturated heterocycles. The number of benzene rings is 1. The number of nitrogens with one attached hydrogen (secondary N) is 1. The summed E-state index contributed by atoms with van der Waals surface area (Å²) in [5.41, 5.74) is 2.49. The molecule has 0 fully saturated rings. The van der Waals surface area contributed by atoms with Gasteiger partial charge < -0.3 is 5.32 Å². The predicted molar refractivity (Wildman–Crippen MR) is 107 cm³/mol. The van der Waals surface area contributed by atoms with Gasteiger partial charge in [0, 0.05) is 17.5 Å². The Morgan fingerprint density at radius 2 is 2.12 bits per heavy atom. The van der Waals surface area contributed by atoms with Gasteiger partial charge >= 0.3 is 0 Å². The number of rotatable bonds is 7. The molecule has 1 amide bonds. The topological polar surface area (TPSA) is 76.4 Å². The summed E-state index contributed by atoms with van der Waals surface area (Å²) in [5.74, 6) is 0.750. The summed E-state index contributed by atoms with van der Waals surface area (Å²) in [6.07, 6.45) is 1.70. The van der Waals surface area contributed by atoms with Crippen LogP contribution in [0.2, 0.25) is 0 Å². The molecular formula is C18H20N4O2S2. The van der Waals surface area contributed by atoms with Gasteiger partial charge in [0.1, 0.15) is 5.01 Å². The van der Waals surface area contributed by atoms with Gasteiger partial charge in [-0.15, -0.1) is 11.8 Å². The summed E-state index contributed by atoms with van der Waals surface area (Å²) in [7, 11) is 0.